The standard InChI is InChI=1S/C18H18ClN3O3S/c1-13-2-4-17(5-3-13)26(23,24)22-10-16(19)6-18(22)15-7-20-21(9-15)8-14-11-25-12-14/h2-7,9-10,14H,8,11-12H2,1H3. The maximum absolute atomic E-state index is 13.1. The van der Waals surface area contributed by atoms with E-state index in [9.17, 15) is 8.42 Å². The number of aromatic nitrogens is 3. The summed E-state index contributed by atoms with van der Waals surface area (Å²) in [5, 5.41) is 4.70. The first-order chi connectivity index (χ1) is 12.4. The zero-order chi connectivity index (χ0) is 18.3. The number of halogens is 1. The van der Waals surface area contributed by atoms with Crippen molar-refractivity contribution < 1.29 is 13.2 Å². The van der Waals surface area contributed by atoms with E-state index in [1.165, 1.54) is 10.2 Å². The van der Waals surface area contributed by atoms with Crippen LogP contribution in [0.5, 0.6) is 0 Å². The molecule has 0 N–H and O–H groups in total. The van der Waals surface area contributed by atoms with Crippen LogP contribution in [0.4, 0.5) is 0 Å². The average molecular weight is 392 g/mol. The van der Waals surface area contributed by atoms with E-state index in [-0.39, 0.29) is 4.90 Å². The second-order valence-electron chi connectivity index (χ2n) is 6.51. The quantitative estimate of drug-likeness (QED) is 0.669. The van der Waals surface area contributed by atoms with Crippen molar-refractivity contribution in [1.29, 1.82) is 0 Å². The first-order valence-corrected chi connectivity index (χ1v) is 10.1. The molecule has 1 saturated heterocycles. The van der Waals surface area contributed by atoms with Crippen molar-refractivity contribution in [2.75, 3.05) is 13.2 Å². The fourth-order valence-electron chi connectivity index (χ4n) is 2.90. The molecule has 0 atom stereocenters. The second kappa shape index (κ2) is 6.57. The summed E-state index contributed by atoms with van der Waals surface area (Å²) in [5.41, 5.74) is 2.19. The van der Waals surface area contributed by atoms with Gasteiger partial charge in [0.05, 0.1) is 35.0 Å². The van der Waals surface area contributed by atoms with Gasteiger partial charge < -0.3 is 4.74 Å². The molecule has 26 heavy (non-hydrogen) atoms. The van der Waals surface area contributed by atoms with Gasteiger partial charge in [-0.05, 0) is 25.1 Å². The van der Waals surface area contributed by atoms with Crippen LogP contribution in [-0.2, 0) is 21.3 Å². The van der Waals surface area contributed by atoms with E-state index in [0.29, 0.717) is 22.2 Å². The molecule has 0 bridgehead atoms. The maximum atomic E-state index is 13.1. The number of benzene rings is 1. The van der Waals surface area contributed by atoms with Crippen molar-refractivity contribution in [1.82, 2.24) is 13.8 Å². The molecule has 1 aromatic carbocycles. The topological polar surface area (TPSA) is 66.1 Å². The molecule has 0 unspecified atom stereocenters. The number of rotatable bonds is 5. The van der Waals surface area contributed by atoms with Crippen molar-refractivity contribution in [3.63, 3.8) is 0 Å². The molecule has 2 aromatic heterocycles. The summed E-state index contributed by atoms with van der Waals surface area (Å²) >= 11 is 6.13. The highest BCUT2D eigenvalue weighted by Gasteiger charge is 2.23. The summed E-state index contributed by atoms with van der Waals surface area (Å²) in [5.74, 6) is 0.453. The Balaban J connectivity index is 1.71. The predicted octanol–water partition coefficient (Wildman–Crippen LogP) is 3.20. The summed E-state index contributed by atoms with van der Waals surface area (Å²) in [6.45, 7) is 4.13. The van der Waals surface area contributed by atoms with Gasteiger partial charge in [-0.1, -0.05) is 29.3 Å². The van der Waals surface area contributed by atoms with E-state index >= 15 is 0 Å². The van der Waals surface area contributed by atoms with E-state index in [1.807, 2.05) is 17.8 Å². The van der Waals surface area contributed by atoms with E-state index in [2.05, 4.69) is 5.10 Å². The second-order valence-corrected chi connectivity index (χ2v) is 8.76. The van der Waals surface area contributed by atoms with Crippen LogP contribution in [-0.4, -0.2) is 35.4 Å². The van der Waals surface area contributed by atoms with Crippen molar-refractivity contribution in [3.05, 3.63) is 59.5 Å². The van der Waals surface area contributed by atoms with Crippen molar-refractivity contribution in [2.45, 2.75) is 18.4 Å². The van der Waals surface area contributed by atoms with Gasteiger partial charge in [0.2, 0.25) is 0 Å². The number of aryl methyl sites for hydroxylation is 1. The van der Waals surface area contributed by atoms with Crippen LogP contribution < -0.4 is 0 Å². The van der Waals surface area contributed by atoms with Crippen LogP contribution in [0.25, 0.3) is 11.3 Å². The molecule has 1 aliphatic rings. The highest BCUT2D eigenvalue weighted by molar-refractivity contribution is 7.90. The summed E-state index contributed by atoms with van der Waals surface area (Å²) in [4.78, 5) is 0.218. The summed E-state index contributed by atoms with van der Waals surface area (Å²) in [6.07, 6.45) is 4.92. The minimum absolute atomic E-state index is 0.218. The lowest BCUT2D eigenvalue weighted by atomic mass is 10.1. The van der Waals surface area contributed by atoms with Gasteiger partial charge in [0.25, 0.3) is 10.0 Å². The maximum Gasteiger partial charge on any atom is 0.268 e. The SMILES string of the molecule is Cc1ccc(S(=O)(=O)n2cc(Cl)cc2-c2cnn(CC3COC3)c2)cc1. The Bertz CT molecular complexity index is 1030. The Hall–Kier alpha value is -2.09. The molecule has 0 radical (unpaired) electrons. The van der Waals surface area contributed by atoms with Crippen molar-refractivity contribution in [3.8, 4) is 11.3 Å². The Morgan fingerprint density at radius 2 is 1.96 bits per heavy atom. The zero-order valence-electron chi connectivity index (χ0n) is 14.2. The van der Waals surface area contributed by atoms with Crippen LogP contribution in [0.1, 0.15) is 5.56 Å². The summed E-state index contributed by atoms with van der Waals surface area (Å²) < 4.78 is 34.3. The van der Waals surface area contributed by atoms with Crippen LogP contribution in [0, 0.1) is 12.8 Å². The summed E-state index contributed by atoms with van der Waals surface area (Å²) in [6, 6.07) is 8.39. The molecule has 0 spiro atoms. The lowest BCUT2D eigenvalue weighted by Gasteiger charge is -2.25. The smallest absolute Gasteiger partial charge is 0.268 e. The zero-order valence-corrected chi connectivity index (χ0v) is 15.7. The van der Waals surface area contributed by atoms with E-state index < -0.39 is 10.0 Å². The number of hydrogen-bond acceptors (Lipinski definition) is 4. The minimum atomic E-state index is -3.75. The van der Waals surface area contributed by atoms with Gasteiger partial charge >= 0.3 is 0 Å². The first kappa shape index (κ1) is 17.3. The van der Waals surface area contributed by atoms with Gasteiger partial charge in [-0.3, -0.25) is 4.68 Å². The van der Waals surface area contributed by atoms with Gasteiger partial charge in [0, 0.05) is 30.4 Å². The Kier molecular flexibility index (Phi) is 4.38. The predicted molar refractivity (Wildman–Crippen MR) is 98.7 cm³/mol. The number of ether oxygens (including phenoxy) is 1. The lowest BCUT2D eigenvalue weighted by Crippen LogP contribution is -2.31. The number of hydrogen-bond donors (Lipinski definition) is 0. The molecule has 0 amide bonds. The van der Waals surface area contributed by atoms with Gasteiger partial charge in [-0.15, -0.1) is 0 Å². The van der Waals surface area contributed by atoms with Gasteiger partial charge in [0.15, 0.2) is 0 Å². The van der Waals surface area contributed by atoms with E-state index in [0.717, 1.165) is 25.3 Å². The molecule has 0 aliphatic carbocycles. The molecule has 4 rings (SSSR count). The third-order valence-electron chi connectivity index (χ3n) is 4.41. The molecule has 136 valence electrons. The molecule has 3 aromatic rings. The molecule has 1 aliphatic heterocycles. The van der Waals surface area contributed by atoms with E-state index in [4.69, 9.17) is 16.3 Å². The number of nitrogens with zero attached hydrogens (tertiary/aromatic N) is 3. The van der Waals surface area contributed by atoms with Crippen molar-refractivity contribution >= 4 is 21.6 Å². The fourth-order valence-corrected chi connectivity index (χ4v) is 4.53. The highest BCUT2D eigenvalue weighted by Crippen LogP contribution is 2.29. The average Bonchev–Trinajstić information content (AvgIpc) is 3.18. The minimum Gasteiger partial charge on any atom is -0.381 e. The highest BCUT2D eigenvalue weighted by atomic mass is 35.5. The third kappa shape index (κ3) is 3.18. The monoisotopic (exact) mass is 391 g/mol. The molecule has 6 nitrogen and oxygen atoms in total. The Morgan fingerprint density at radius 3 is 2.62 bits per heavy atom. The van der Waals surface area contributed by atoms with Crippen LogP contribution >= 0.6 is 11.6 Å². The van der Waals surface area contributed by atoms with Gasteiger partial charge in [0.1, 0.15) is 0 Å². The molecule has 0 saturated carbocycles. The summed E-state index contributed by atoms with van der Waals surface area (Å²) in [7, 11) is -3.75. The van der Waals surface area contributed by atoms with Gasteiger partial charge in [-0.25, -0.2) is 12.4 Å². The molecule has 8 heteroatoms. The fraction of sp³-hybridized carbons (Fsp3) is 0.278. The Morgan fingerprint density at radius 1 is 1.23 bits per heavy atom. The van der Waals surface area contributed by atoms with E-state index in [1.54, 1.807) is 36.5 Å². The largest absolute Gasteiger partial charge is 0.381 e. The molecular formula is C18H18ClN3O3S. The van der Waals surface area contributed by atoms with Crippen LogP contribution in [0.2, 0.25) is 5.02 Å². The molecule has 3 heterocycles. The van der Waals surface area contributed by atoms with Crippen molar-refractivity contribution in [2.24, 2.45) is 5.92 Å². The Labute approximate surface area is 157 Å². The normalized spacial score (nSPS) is 15.2. The third-order valence-corrected chi connectivity index (χ3v) is 6.31. The van der Waals surface area contributed by atoms with Gasteiger partial charge in [-0.2, -0.15) is 5.10 Å². The molecule has 1 fully saturated rings. The lowest BCUT2D eigenvalue weighted by molar-refractivity contribution is -0.0408. The molecular weight excluding hydrogens is 374 g/mol. The van der Waals surface area contributed by atoms with Crippen LogP contribution in [0.3, 0.4) is 0 Å². The van der Waals surface area contributed by atoms with Crippen LogP contribution in [0.15, 0.2) is 53.8 Å². The first-order valence-electron chi connectivity index (χ1n) is 8.24.